The smallest absolute Gasteiger partial charge is 0.227 e. The average Bonchev–Trinajstić information content (AvgIpc) is 3.73. The quantitative estimate of drug-likeness (QED) is 0.199. The summed E-state index contributed by atoms with van der Waals surface area (Å²) in [5, 5.41) is 2.26. The van der Waals surface area contributed by atoms with Crippen molar-refractivity contribution in [1.82, 2.24) is 24.5 Å². The molecule has 0 bridgehead atoms. The Bertz CT molecular complexity index is 2440. The van der Waals surface area contributed by atoms with Gasteiger partial charge in [-0.1, -0.05) is 97.1 Å². The van der Waals surface area contributed by atoms with Gasteiger partial charge in [0.1, 0.15) is 5.52 Å². The molecular weight excluding hydrogens is 566 g/mol. The minimum atomic E-state index is 0.605. The highest BCUT2D eigenvalue weighted by molar-refractivity contribution is 6.16. The number of hydrogen-bond donors (Lipinski definition) is 0. The highest BCUT2D eigenvalue weighted by Crippen LogP contribution is 2.38. The first kappa shape index (κ1) is 26.0. The molecule has 216 valence electrons. The summed E-state index contributed by atoms with van der Waals surface area (Å²) in [6, 6.07) is 51.1. The van der Waals surface area contributed by atoms with E-state index < -0.39 is 0 Å². The van der Waals surface area contributed by atoms with E-state index in [4.69, 9.17) is 24.4 Å². The Labute approximate surface area is 264 Å². The van der Waals surface area contributed by atoms with Crippen molar-refractivity contribution in [1.29, 1.82) is 0 Å². The Hall–Kier alpha value is -6.40. The Kier molecular flexibility index (Phi) is 6.03. The summed E-state index contributed by atoms with van der Waals surface area (Å²) >= 11 is 0. The van der Waals surface area contributed by atoms with E-state index in [9.17, 15) is 0 Å². The Morgan fingerprint density at radius 2 is 0.935 bits per heavy atom. The van der Waals surface area contributed by atoms with Crippen LogP contribution in [0.25, 0.3) is 84.2 Å². The van der Waals surface area contributed by atoms with E-state index in [2.05, 4.69) is 59.2 Å². The molecule has 9 rings (SSSR count). The fraction of sp³-hybridized carbons (Fsp3) is 0. The highest BCUT2D eigenvalue weighted by atomic mass is 16.3. The van der Waals surface area contributed by atoms with Gasteiger partial charge in [-0.3, -0.25) is 0 Å². The van der Waals surface area contributed by atoms with Crippen LogP contribution in [-0.4, -0.2) is 24.5 Å². The molecule has 3 aromatic heterocycles. The van der Waals surface area contributed by atoms with Gasteiger partial charge < -0.3 is 8.98 Å². The van der Waals surface area contributed by atoms with Crippen LogP contribution in [0.2, 0.25) is 0 Å². The van der Waals surface area contributed by atoms with Crippen molar-refractivity contribution in [3.63, 3.8) is 0 Å². The van der Waals surface area contributed by atoms with Crippen LogP contribution >= 0.6 is 0 Å². The molecule has 0 aliphatic heterocycles. The molecule has 46 heavy (non-hydrogen) atoms. The van der Waals surface area contributed by atoms with Crippen molar-refractivity contribution in [2.24, 2.45) is 0 Å². The summed E-state index contributed by atoms with van der Waals surface area (Å²) in [5.74, 6) is 2.50. The van der Waals surface area contributed by atoms with Crippen LogP contribution in [0, 0.1) is 0 Å². The summed E-state index contributed by atoms with van der Waals surface area (Å²) < 4.78 is 8.76. The maximum atomic E-state index is 6.50. The minimum absolute atomic E-state index is 0.605. The molecule has 6 heteroatoms. The Morgan fingerprint density at radius 1 is 0.413 bits per heavy atom. The predicted molar refractivity (Wildman–Crippen MR) is 183 cm³/mol. The predicted octanol–water partition coefficient (Wildman–Crippen LogP) is 9.78. The largest absolute Gasteiger partial charge is 0.434 e. The standard InChI is InChI=1S/C40H25N5O/c1-4-12-26(13-5-1)37-42-38(27-14-6-2-7-15-27)44-39(43-37)28-20-22-30(23-21-28)45-34-19-11-10-18-31(34)32-24-25-33-36(35(32)45)46-40(41-33)29-16-8-3-9-17-29/h1-25H. The van der Waals surface area contributed by atoms with Crippen LogP contribution < -0.4 is 0 Å². The second kappa shape index (κ2) is 10.6. The van der Waals surface area contributed by atoms with Crippen LogP contribution in [0.1, 0.15) is 0 Å². The fourth-order valence-corrected chi connectivity index (χ4v) is 6.10. The molecule has 0 saturated heterocycles. The normalized spacial score (nSPS) is 11.5. The van der Waals surface area contributed by atoms with E-state index in [1.54, 1.807) is 0 Å². The molecule has 0 amide bonds. The Morgan fingerprint density at radius 3 is 1.54 bits per heavy atom. The summed E-state index contributed by atoms with van der Waals surface area (Å²) in [4.78, 5) is 19.5. The molecule has 0 spiro atoms. The van der Waals surface area contributed by atoms with Crippen LogP contribution in [-0.2, 0) is 0 Å². The fourth-order valence-electron chi connectivity index (χ4n) is 6.10. The van der Waals surface area contributed by atoms with Crippen molar-refractivity contribution >= 4 is 32.9 Å². The monoisotopic (exact) mass is 591 g/mol. The topological polar surface area (TPSA) is 69.6 Å². The summed E-state index contributed by atoms with van der Waals surface area (Å²) in [7, 11) is 0. The number of oxazole rings is 1. The zero-order valence-electron chi connectivity index (χ0n) is 24.6. The highest BCUT2D eigenvalue weighted by Gasteiger charge is 2.20. The van der Waals surface area contributed by atoms with Gasteiger partial charge in [0.15, 0.2) is 23.1 Å². The van der Waals surface area contributed by atoms with Gasteiger partial charge in [0.2, 0.25) is 5.89 Å². The van der Waals surface area contributed by atoms with Crippen LogP contribution in [0.3, 0.4) is 0 Å². The van der Waals surface area contributed by atoms with Gasteiger partial charge in [0, 0.05) is 38.7 Å². The van der Waals surface area contributed by atoms with Crippen molar-refractivity contribution in [2.75, 3.05) is 0 Å². The molecular formula is C40H25N5O. The molecule has 0 radical (unpaired) electrons. The summed E-state index contributed by atoms with van der Waals surface area (Å²) in [6.45, 7) is 0. The molecule has 0 atom stereocenters. The molecule has 0 N–H and O–H groups in total. The zero-order chi connectivity index (χ0) is 30.5. The number of nitrogens with zero attached hydrogens (tertiary/aromatic N) is 5. The van der Waals surface area contributed by atoms with E-state index in [1.807, 2.05) is 97.1 Å². The van der Waals surface area contributed by atoms with E-state index in [0.29, 0.717) is 23.4 Å². The second-order valence-corrected chi connectivity index (χ2v) is 11.1. The molecule has 0 aliphatic rings. The van der Waals surface area contributed by atoms with E-state index in [-0.39, 0.29) is 0 Å². The third kappa shape index (κ3) is 4.35. The van der Waals surface area contributed by atoms with Crippen LogP contribution in [0.4, 0.5) is 0 Å². The van der Waals surface area contributed by atoms with Gasteiger partial charge in [-0.05, 0) is 54.6 Å². The Balaban J connectivity index is 1.21. The van der Waals surface area contributed by atoms with E-state index in [1.165, 1.54) is 0 Å². The van der Waals surface area contributed by atoms with Crippen molar-refractivity contribution in [3.8, 4) is 51.3 Å². The molecule has 0 saturated carbocycles. The van der Waals surface area contributed by atoms with Gasteiger partial charge in [-0.25, -0.2) is 19.9 Å². The van der Waals surface area contributed by atoms with Gasteiger partial charge in [0.25, 0.3) is 0 Å². The van der Waals surface area contributed by atoms with Gasteiger partial charge in [-0.2, -0.15) is 0 Å². The van der Waals surface area contributed by atoms with Crippen molar-refractivity contribution < 1.29 is 4.42 Å². The van der Waals surface area contributed by atoms with Crippen LogP contribution in [0.5, 0.6) is 0 Å². The molecule has 3 heterocycles. The lowest BCUT2D eigenvalue weighted by molar-refractivity contribution is 0.622. The number of benzene rings is 6. The number of hydrogen-bond acceptors (Lipinski definition) is 5. The maximum Gasteiger partial charge on any atom is 0.227 e. The van der Waals surface area contributed by atoms with Crippen molar-refractivity contribution in [2.45, 2.75) is 0 Å². The zero-order valence-corrected chi connectivity index (χ0v) is 24.6. The third-order valence-electron chi connectivity index (χ3n) is 8.29. The third-order valence-corrected chi connectivity index (χ3v) is 8.29. The van der Waals surface area contributed by atoms with Crippen molar-refractivity contribution in [3.05, 3.63) is 152 Å². The van der Waals surface area contributed by atoms with Gasteiger partial charge in [0.05, 0.1) is 11.0 Å². The van der Waals surface area contributed by atoms with E-state index in [0.717, 1.165) is 60.8 Å². The molecule has 6 nitrogen and oxygen atoms in total. The van der Waals surface area contributed by atoms with Crippen LogP contribution in [0.15, 0.2) is 156 Å². The first-order valence-electron chi connectivity index (χ1n) is 15.2. The summed E-state index contributed by atoms with van der Waals surface area (Å²) in [6.07, 6.45) is 0. The minimum Gasteiger partial charge on any atom is -0.434 e. The molecule has 0 unspecified atom stereocenters. The molecule has 0 aliphatic carbocycles. The first-order valence-corrected chi connectivity index (χ1v) is 15.2. The number of rotatable bonds is 5. The summed E-state index contributed by atoms with van der Waals surface area (Å²) in [5.41, 5.74) is 8.38. The lowest BCUT2D eigenvalue weighted by Gasteiger charge is -2.11. The second-order valence-electron chi connectivity index (χ2n) is 11.1. The lowest BCUT2D eigenvalue weighted by atomic mass is 10.1. The maximum absolute atomic E-state index is 6.50. The average molecular weight is 592 g/mol. The SMILES string of the molecule is c1ccc(-c2nc(-c3ccccc3)nc(-c3ccc(-n4c5ccccc5c5ccc6nc(-c7ccccc7)oc6c54)cc3)n2)cc1. The lowest BCUT2D eigenvalue weighted by Crippen LogP contribution is -2.00. The van der Waals surface area contributed by atoms with E-state index >= 15 is 0 Å². The van der Waals surface area contributed by atoms with Gasteiger partial charge in [-0.15, -0.1) is 0 Å². The number of aromatic nitrogens is 5. The number of para-hydroxylation sites is 1. The van der Waals surface area contributed by atoms with Gasteiger partial charge >= 0.3 is 0 Å². The first-order chi connectivity index (χ1) is 22.8. The number of fused-ring (bicyclic) bond motifs is 5. The molecule has 9 aromatic rings. The molecule has 6 aromatic carbocycles. The molecule has 0 fully saturated rings.